The van der Waals surface area contributed by atoms with E-state index in [9.17, 15) is 4.79 Å². The Hall–Kier alpha value is -1.75. The highest BCUT2D eigenvalue weighted by atomic mass is 35.5. The van der Waals surface area contributed by atoms with Crippen molar-refractivity contribution in [1.82, 2.24) is 4.90 Å². The third-order valence-electron chi connectivity index (χ3n) is 2.97. The van der Waals surface area contributed by atoms with Gasteiger partial charge in [-0.25, -0.2) is 9.79 Å². The molecule has 0 unspecified atom stereocenters. The van der Waals surface area contributed by atoms with Crippen molar-refractivity contribution in [2.45, 2.75) is 39.5 Å². The number of nitrogens with two attached hydrogens (primary N) is 1. The number of hydrogen-bond acceptors (Lipinski definition) is 3. The molecule has 1 amide bonds. The Kier molecular flexibility index (Phi) is 4.42. The van der Waals surface area contributed by atoms with E-state index >= 15 is 0 Å². The molecule has 1 aromatic rings. The van der Waals surface area contributed by atoms with E-state index in [2.05, 4.69) is 4.99 Å². The van der Waals surface area contributed by atoms with Gasteiger partial charge in [-0.3, -0.25) is 4.90 Å². The molecule has 1 heterocycles. The molecule has 2 rings (SSSR count). The van der Waals surface area contributed by atoms with Gasteiger partial charge in [0.2, 0.25) is 0 Å². The molecule has 114 valence electrons. The number of hydrogen-bond donors (Lipinski definition) is 1. The van der Waals surface area contributed by atoms with E-state index in [1.165, 1.54) is 0 Å². The molecule has 1 aliphatic heterocycles. The first-order valence-corrected chi connectivity index (χ1v) is 7.30. The molecule has 21 heavy (non-hydrogen) atoms. The lowest BCUT2D eigenvalue weighted by atomic mass is 10.1. The van der Waals surface area contributed by atoms with Crippen LogP contribution in [0.25, 0.3) is 0 Å². The van der Waals surface area contributed by atoms with Gasteiger partial charge in [0.15, 0.2) is 0 Å². The molecule has 0 aliphatic carbocycles. The van der Waals surface area contributed by atoms with E-state index < -0.39 is 5.60 Å². The van der Waals surface area contributed by atoms with Crippen LogP contribution < -0.4 is 5.73 Å². The van der Waals surface area contributed by atoms with Crippen molar-refractivity contribution in [3.05, 3.63) is 29.3 Å². The molecular weight excluding hydrogens is 290 g/mol. The topological polar surface area (TPSA) is 67.9 Å². The van der Waals surface area contributed by atoms with Crippen LogP contribution in [0, 0.1) is 0 Å². The maximum absolute atomic E-state index is 12.1. The number of amides is 1. The zero-order valence-electron chi connectivity index (χ0n) is 12.5. The molecule has 1 aliphatic rings. The third kappa shape index (κ3) is 4.11. The minimum absolute atomic E-state index is 0.196. The van der Waals surface area contributed by atoms with Crippen LogP contribution in [-0.2, 0) is 17.8 Å². The molecule has 0 aromatic heterocycles. The highest BCUT2D eigenvalue weighted by Gasteiger charge is 2.27. The molecular formula is C15H20ClN3O2. The third-order valence-corrected chi connectivity index (χ3v) is 3.25. The van der Waals surface area contributed by atoms with Crippen LogP contribution in [0.5, 0.6) is 0 Å². The van der Waals surface area contributed by atoms with E-state index in [1.54, 1.807) is 4.90 Å². The highest BCUT2D eigenvalue weighted by Crippen LogP contribution is 2.28. The summed E-state index contributed by atoms with van der Waals surface area (Å²) in [5.41, 5.74) is 8.05. The van der Waals surface area contributed by atoms with Gasteiger partial charge in [-0.1, -0.05) is 6.07 Å². The summed E-state index contributed by atoms with van der Waals surface area (Å²) in [6.07, 6.45) is -0.302. The van der Waals surface area contributed by atoms with Crippen LogP contribution in [-0.4, -0.2) is 28.3 Å². The molecule has 5 nitrogen and oxygen atoms in total. The van der Waals surface area contributed by atoms with Gasteiger partial charge in [-0.15, -0.1) is 11.6 Å². The number of ether oxygens (including phenoxy) is 1. The first-order chi connectivity index (χ1) is 9.78. The SMILES string of the molecule is CC(C)(C)OC(=O)N1Cc2ccc(N=C(N)CCl)cc2C1. The van der Waals surface area contributed by atoms with Gasteiger partial charge < -0.3 is 10.5 Å². The van der Waals surface area contributed by atoms with E-state index in [-0.39, 0.29) is 12.0 Å². The van der Waals surface area contributed by atoms with Gasteiger partial charge in [-0.05, 0) is 44.0 Å². The minimum atomic E-state index is -0.490. The van der Waals surface area contributed by atoms with Gasteiger partial charge in [0.05, 0.1) is 11.6 Å². The summed E-state index contributed by atoms with van der Waals surface area (Å²) in [4.78, 5) is 18.0. The normalized spacial score (nSPS) is 15.0. The number of fused-ring (bicyclic) bond motifs is 1. The number of halogens is 1. The van der Waals surface area contributed by atoms with Crippen molar-refractivity contribution >= 4 is 29.2 Å². The molecule has 6 heteroatoms. The lowest BCUT2D eigenvalue weighted by molar-refractivity contribution is 0.0242. The number of alkyl halides is 1. The van der Waals surface area contributed by atoms with Crippen molar-refractivity contribution in [2.75, 3.05) is 5.88 Å². The van der Waals surface area contributed by atoms with E-state index in [4.69, 9.17) is 22.1 Å². The van der Waals surface area contributed by atoms with Gasteiger partial charge in [0.1, 0.15) is 11.4 Å². The first-order valence-electron chi connectivity index (χ1n) is 6.77. The van der Waals surface area contributed by atoms with Crippen molar-refractivity contribution in [2.24, 2.45) is 10.7 Å². The Balaban J connectivity index is 2.11. The smallest absolute Gasteiger partial charge is 0.410 e. The number of benzene rings is 1. The van der Waals surface area contributed by atoms with E-state index in [0.717, 1.165) is 16.8 Å². The van der Waals surface area contributed by atoms with Gasteiger partial charge in [0, 0.05) is 13.1 Å². The van der Waals surface area contributed by atoms with Gasteiger partial charge in [-0.2, -0.15) is 0 Å². The Morgan fingerprint density at radius 1 is 1.38 bits per heavy atom. The van der Waals surface area contributed by atoms with Crippen LogP contribution in [0.2, 0.25) is 0 Å². The fourth-order valence-electron chi connectivity index (χ4n) is 2.10. The fraction of sp³-hybridized carbons (Fsp3) is 0.467. The molecule has 0 radical (unpaired) electrons. The highest BCUT2D eigenvalue weighted by molar-refractivity contribution is 6.28. The van der Waals surface area contributed by atoms with E-state index in [1.807, 2.05) is 39.0 Å². The summed E-state index contributed by atoms with van der Waals surface area (Å²) in [6.45, 7) is 6.65. The van der Waals surface area contributed by atoms with Crippen LogP contribution >= 0.6 is 11.6 Å². The average molecular weight is 310 g/mol. The average Bonchev–Trinajstić information content (AvgIpc) is 2.79. The zero-order valence-corrected chi connectivity index (χ0v) is 13.3. The maximum Gasteiger partial charge on any atom is 0.410 e. The van der Waals surface area contributed by atoms with Crippen molar-refractivity contribution in [3.8, 4) is 0 Å². The monoisotopic (exact) mass is 309 g/mol. The quantitative estimate of drug-likeness (QED) is 0.518. The van der Waals surface area contributed by atoms with Gasteiger partial charge >= 0.3 is 6.09 Å². The molecule has 0 saturated carbocycles. The van der Waals surface area contributed by atoms with Crippen molar-refractivity contribution in [1.29, 1.82) is 0 Å². The second kappa shape index (κ2) is 5.93. The van der Waals surface area contributed by atoms with Crippen molar-refractivity contribution < 1.29 is 9.53 Å². The predicted octanol–water partition coefficient (Wildman–Crippen LogP) is 3.16. The largest absolute Gasteiger partial charge is 0.444 e. The minimum Gasteiger partial charge on any atom is -0.444 e. The fourth-order valence-corrected chi connectivity index (χ4v) is 2.16. The Bertz CT molecular complexity index is 579. The molecule has 1 aromatic carbocycles. The molecule has 0 bridgehead atoms. The van der Waals surface area contributed by atoms with Crippen molar-refractivity contribution in [3.63, 3.8) is 0 Å². The number of aliphatic imine (C=N–C) groups is 1. The van der Waals surface area contributed by atoms with E-state index in [0.29, 0.717) is 18.9 Å². The standard InChI is InChI=1S/C15H20ClN3O2/c1-15(2,3)21-14(20)19-8-10-4-5-12(6-11(10)9-19)18-13(17)7-16/h4-6H,7-9H2,1-3H3,(H2,17,18). The molecule has 0 spiro atoms. The van der Waals surface area contributed by atoms with Crippen LogP contribution in [0.3, 0.4) is 0 Å². The number of carbonyl (C=O) groups excluding carboxylic acids is 1. The number of amidine groups is 1. The second-order valence-electron chi connectivity index (χ2n) is 6.03. The van der Waals surface area contributed by atoms with Crippen LogP contribution in [0.4, 0.5) is 10.5 Å². The molecule has 0 atom stereocenters. The molecule has 0 fully saturated rings. The zero-order chi connectivity index (χ0) is 15.6. The maximum atomic E-state index is 12.1. The Morgan fingerprint density at radius 3 is 2.67 bits per heavy atom. The summed E-state index contributed by atoms with van der Waals surface area (Å²) < 4.78 is 5.39. The summed E-state index contributed by atoms with van der Waals surface area (Å²) in [5, 5.41) is 0. The predicted molar refractivity (Wildman–Crippen MR) is 83.9 cm³/mol. The van der Waals surface area contributed by atoms with Crippen LogP contribution in [0.1, 0.15) is 31.9 Å². The lowest BCUT2D eigenvalue weighted by Gasteiger charge is -2.24. The Labute approximate surface area is 129 Å². The second-order valence-corrected chi connectivity index (χ2v) is 6.29. The van der Waals surface area contributed by atoms with Crippen LogP contribution in [0.15, 0.2) is 23.2 Å². The number of rotatable bonds is 2. The summed E-state index contributed by atoms with van der Waals surface area (Å²) in [6, 6.07) is 5.76. The number of carbonyl (C=O) groups is 1. The summed E-state index contributed by atoms with van der Waals surface area (Å²) in [7, 11) is 0. The summed E-state index contributed by atoms with van der Waals surface area (Å²) >= 11 is 5.62. The van der Waals surface area contributed by atoms with Gasteiger partial charge in [0.25, 0.3) is 0 Å². The number of nitrogens with zero attached hydrogens (tertiary/aromatic N) is 2. The molecule has 0 saturated heterocycles. The first kappa shape index (κ1) is 15.6. The Morgan fingerprint density at radius 2 is 2.05 bits per heavy atom. The summed E-state index contributed by atoms with van der Waals surface area (Å²) in [5.74, 6) is 0.569. The lowest BCUT2D eigenvalue weighted by Crippen LogP contribution is -2.33. The molecule has 2 N–H and O–H groups in total.